The van der Waals surface area contributed by atoms with Crippen LogP contribution in [0.3, 0.4) is 0 Å². The van der Waals surface area contributed by atoms with Crippen molar-refractivity contribution in [2.45, 2.75) is 32.1 Å². The molecule has 0 saturated carbocycles. The maximum absolute atomic E-state index is 12.5. The molecular weight excluding hydrogens is 248 g/mol. The molecule has 108 valence electrons. The summed E-state index contributed by atoms with van der Waals surface area (Å²) in [4.78, 5) is 14.4. The SMILES string of the molecule is CN(CC1CCCNC1)C(=O)c1ccc2c(c1)CCC2. The number of aryl methyl sites for hydroxylation is 2. The fourth-order valence-electron chi connectivity index (χ4n) is 3.48. The Bertz CT molecular complexity index is 492. The van der Waals surface area contributed by atoms with Gasteiger partial charge >= 0.3 is 0 Å². The van der Waals surface area contributed by atoms with E-state index in [1.165, 1.54) is 36.8 Å². The molecule has 1 amide bonds. The van der Waals surface area contributed by atoms with Gasteiger partial charge in [-0.1, -0.05) is 6.07 Å². The van der Waals surface area contributed by atoms with E-state index < -0.39 is 0 Å². The standard InChI is InChI=1S/C17H24N2O/c1-19(12-13-4-3-9-18-11-13)17(20)16-8-7-14-5-2-6-15(14)10-16/h7-8,10,13,18H,2-6,9,11-12H2,1H3. The molecule has 0 radical (unpaired) electrons. The third-order valence-corrected chi connectivity index (χ3v) is 4.62. The first-order valence-electron chi connectivity index (χ1n) is 7.82. The minimum atomic E-state index is 0.172. The van der Waals surface area contributed by atoms with Crippen LogP contribution in [-0.4, -0.2) is 37.5 Å². The van der Waals surface area contributed by atoms with Crippen LogP contribution >= 0.6 is 0 Å². The Morgan fingerprint density at radius 1 is 1.30 bits per heavy atom. The van der Waals surface area contributed by atoms with Gasteiger partial charge in [0.05, 0.1) is 0 Å². The van der Waals surface area contributed by atoms with Crippen LogP contribution in [0.2, 0.25) is 0 Å². The molecule has 1 aliphatic carbocycles. The number of amides is 1. The Morgan fingerprint density at radius 3 is 2.95 bits per heavy atom. The van der Waals surface area contributed by atoms with E-state index in [0.717, 1.165) is 31.6 Å². The van der Waals surface area contributed by atoms with Gasteiger partial charge in [0.2, 0.25) is 0 Å². The van der Waals surface area contributed by atoms with E-state index in [1.807, 2.05) is 18.0 Å². The first kappa shape index (κ1) is 13.6. The molecule has 2 aliphatic rings. The molecule has 1 saturated heterocycles. The number of hydrogen-bond donors (Lipinski definition) is 1. The molecule has 1 fully saturated rings. The lowest BCUT2D eigenvalue weighted by atomic mass is 9.98. The molecule has 1 atom stereocenters. The van der Waals surface area contributed by atoms with Crippen LogP contribution in [0.4, 0.5) is 0 Å². The van der Waals surface area contributed by atoms with E-state index in [2.05, 4.69) is 17.4 Å². The van der Waals surface area contributed by atoms with E-state index >= 15 is 0 Å². The summed E-state index contributed by atoms with van der Waals surface area (Å²) in [5.74, 6) is 0.775. The third kappa shape index (κ3) is 2.88. The molecule has 1 unspecified atom stereocenters. The lowest BCUT2D eigenvalue weighted by Gasteiger charge is -2.27. The van der Waals surface area contributed by atoms with Gasteiger partial charge in [0.15, 0.2) is 0 Å². The zero-order valence-corrected chi connectivity index (χ0v) is 12.3. The van der Waals surface area contributed by atoms with Crippen molar-refractivity contribution in [1.82, 2.24) is 10.2 Å². The summed E-state index contributed by atoms with van der Waals surface area (Å²) in [7, 11) is 1.93. The van der Waals surface area contributed by atoms with Gasteiger partial charge in [-0.2, -0.15) is 0 Å². The number of piperidine rings is 1. The first-order valence-corrected chi connectivity index (χ1v) is 7.82. The van der Waals surface area contributed by atoms with Gasteiger partial charge in [0.25, 0.3) is 5.91 Å². The van der Waals surface area contributed by atoms with Gasteiger partial charge in [0.1, 0.15) is 0 Å². The summed E-state index contributed by atoms with van der Waals surface area (Å²) < 4.78 is 0. The Balaban J connectivity index is 1.65. The largest absolute Gasteiger partial charge is 0.341 e. The van der Waals surface area contributed by atoms with Crippen LogP contribution in [0.25, 0.3) is 0 Å². The van der Waals surface area contributed by atoms with E-state index in [0.29, 0.717) is 5.92 Å². The minimum absolute atomic E-state index is 0.172. The number of nitrogens with zero attached hydrogens (tertiary/aromatic N) is 1. The van der Waals surface area contributed by atoms with Gasteiger partial charge in [0, 0.05) is 19.2 Å². The Kier molecular flexibility index (Phi) is 4.06. The van der Waals surface area contributed by atoms with Crippen molar-refractivity contribution in [2.75, 3.05) is 26.7 Å². The number of benzene rings is 1. The van der Waals surface area contributed by atoms with E-state index in [4.69, 9.17) is 0 Å². The van der Waals surface area contributed by atoms with Crippen molar-refractivity contribution in [2.24, 2.45) is 5.92 Å². The molecule has 1 N–H and O–H groups in total. The average molecular weight is 272 g/mol. The molecule has 1 aromatic rings. The van der Waals surface area contributed by atoms with Crippen molar-refractivity contribution in [3.63, 3.8) is 0 Å². The first-order chi connectivity index (χ1) is 9.74. The molecule has 0 bridgehead atoms. The Morgan fingerprint density at radius 2 is 2.15 bits per heavy atom. The number of carbonyl (C=O) groups is 1. The lowest BCUT2D eigenvalue weighted by Crippen LogP contribution is -2.39. The van der Waals surface area contributed by atoms with Crippen molar-refractivity contribution >= 4 is 5.91 Å². The normalized spacial score (nSPS) is 21.6. The molecule has 3 rings (SSSR count). The molecule has 1 aliphatic heterocycles. The highest BCUT2D eigenvalue weighted by Crippen LogP contribution is 2.23. The summed E-state index contributed by atoms with van der Waals surface area (Å²) >= 11 is 0. The van der Waals surface area contributed by atoms with Gasteiger partial charge in [-0.05, 0) is 74.4 Å². The minimum Gasteiger partial charge on any atom is -0.341 e. The van der Waals surface area contributed by atoms with Crippen LogP contribution in [0.5, 0.6) is 0 Å². The second kappa shape index (κ2) is 5.96. The molecule has 0 aromatic heterocycles. The number of hydrogen-bond acceptors (Lipinski definition) is 2. The van der Waals surface area contributed by atoms with Crippen molar-refractivity contribution in [3.8, 4) is 0 Å². The highest BCUT2D eigenvalue weighted by Gasteiger charge is 2.20. The smallest absolute Gasteiger partial charge is 0.253 e. The molecule has 20 heavy (non-hydrogen) atoms. The lowest BCUT2D eigenvalue weighted by molar-refractivity contribution is 0.0764. The Hall–Kier alpha value is -1.35. The quantitative estimate of drug-likeness (QED) is 0.915. The molecule has 3 nitrogen and oxygen atoms in total. The van der Waals surface area contributed by atoms with E-state index in [-0.39, 0.29) is 5.91 Å². The van der Waals surface area contributed by atoms with Crippen LogP contribution in [-0.2, 0) is 12.8 Å². The zero-order valence-electron chi connectivity index (χ0n) is 12.3. The summed E-state index contributed by atoms with van der Waals surface area (Å²) in [5, 5.41) is 3.41. The second-order valence-corrected chi connectivity index (χ2v) is 6.24. The van der Waals surface area contributed by atoms with Crippen LogP contribution < -0.4 is 5.32 Å². The van der Waals surface area contributed by atoms with Crippen molar-refractivity contribution in [3.05, 3.63) is 34.9 Å². The van der Waals surface area contributed by atoms with Gasteiger partial charge in [-0.3, -0.25) is 4.79 Å². The van der Waals surface area contributed by atoms with Crippen molar-refractivity contribution in [1.29, 1.82) is 0 Å². The van der Waals surface area contributed by atoms with E-state index in [9.17, 15) is 4.79 Å². The number of rotatable bonds is 3. The van der Waals surface area contributed by atoms with Gasteiger partial charge < -0.3 is 10.2 Å². The molecule has 1 aromatic carbocycles. The predicted octanol–water partition coefficient (Wildman–Crippen LogP) is 2.25. The topological polar surface area (TPSA) is 32.3 Å². The highest BCUT2D eigenvalue weighted by atomic mass is 16.2. The van der Waals surface area contributed by atoms with E-state index in [1.54, 1.807) is 0 Å². The maximum atomic E-state index is 12.5. The third-order valence-electron chi connectivity index (χ3n) is 4.62. The predicted molar refractivity (Wildman–Crippen MR) is 81.0 cm³/mol. The van der Waals surface area contributed by atoms with Gasteiger partial charge in [-0.25, -0.2) is 0 Å². The average Bonchev–Trinajstić information content (AvgIpc) is 2.94. The summed E-state index contributed by atoms with van der Waals surface area (Å²) in [6.45, 7) is 3.03. The number of carbonyl (C=O) groups excluding carboxylic acids is 1. The van der Waals surface area contributed by atoms with Crippen LogP contribution in [0.15, 0.2) is 18.2 Å². The molecular formula is C17H24N2O. The van der Waals surface area contributed by atoms with Crippen LogP contribution in [0.1, 0.15) is 40.7 Å². The number of nitrogens with one attached hydrogen (secondary N) is 1. The fraction of sp³-hybridized carbons (Fsp3) is 0.588. The molecule has 0 spiro atoms. The maximum Gasteiger partial charge on any atom is 0.253 e. The van der Waals surface area contributed by atoms with Crippen LogP contribution in [0, 0.1) is 5.92 Å². The fourth-order valence-corrected chi connectivity index (χ4v) is 3.48. The molecule has 3 heteroatoms. The Labute approximate surface area is 121 Å². The monoisotopic (exact) mass is 272 g/mol. The zero-order chi connectivity index (χ0) is 13.9. The van der Waals surface area contributed by atoms with Gasteiger partial charge in [-0.15, -0.1) is 0 Å². The van der Waals surface area contributed by atoms with Crippen molar-refractivity contribution < 1.29 is 4.79 Å². The molecule has 1 heterocycles. The summed E-state index contributed by atoms with van der Waals surface area (Å²) in [6.07, 6.45) is 6.00. The highest BCUT2D eigenvalue weighted by molar-refractivity contribution is 5.94. The summed E-state index contributed by atoms with van der Waals surface area (Å²) in [6, 6.07) is 6.26. The summed E-state index contributed by atoms with van der Waals surface area (Å²) in [5.41, 5.74) is 3.67. The second-order valence-electron chi connectivity index (χ2n) is 6.24. The number of fused-ring (bicyclic) bond motifs is 1.